The highest BCUT2D eigenvalue weighted by Crippen LogP contribution is 2.45. The Balaban J connectivity index is 3.47. The fraction of sp³-hybridized carbons (Fsp3) is 0.765. The van der Waals surface area contributed by atoms with E-state index in [1.807, 2.05) is 0 Å². The van der Waals surface area contributed by atoms with Crippen LogP contribution in [0.1, 0.15) is 60.8 Å². The Kier molecular flexibility index (Phi) is 5.76. The summed E-state index contributed by atoms with van der Waals surface area (Å²) >= 11 is 0. The monoisotopic (exact) mass is 262 g/mol. The maximum Gasteiger partial charge on any atom is 0.0548 e. The normalized spacial score (nSPS) is 19.7. The highest BCUT2D eigenvalue weighted by atomic mass is 14.9. The summed E-state index contributed by atoms with van der Waals surface area (Å²) < 4.78 is 2.38. The van der Waals surface area contributed by atoms with Gasteiger partial charge in [-0.2, -0.15) is 17.5 Å². The standard InChI is InChI=1S/C17H33BN/c1-8-14(4)18(15(5)9-2,16(6)10-3)17-12-11-13-19(17)7/h11-16H,8-10H2,1-7H3/q-1. The molecule has 0 bridgehead atoms. The van der Waals surface area contributed by atoms with Crippen molar-refractivity contribution in [3.05, 3.63) is 18.3 Å². The fourth-order valence-electron chi connectivity index (χ4n) is 4.72. The molecule has 2 heteroatoms. The lowest BCUT2D eigenvalue weighted by molar-refractivity contribution is 0.693. The Morgan fingerprint density at radius 2 is 1.37 bits per heavy atom. The molecule has 1 aromatic heterocycles. The average Bonchev–Trinajstić information content (AvgIpc) is 2.85. The van der Waals surface area contributed by atoms with Crippen LogP contribution in [0.15, 0.2) is 18.3 Å². The second kappa shape index (κ2) is 6.68. The maximum absolute atomic E-state index is 2.48. The largest absolute Gasteiger partial charge is 0.392 e. The average molecular weight is 262 g/mol. The molecule has 0 aliphatic heterocycles. The van der Waals surface area contributed by atoms with Gasteiger partial charge in [0.25, 0.3) is 0 Å². The van der Waals surface area contributed by atoms with Crippen molar-refractivity contribution in [3.63, 3.8) is 0 Å². The van der Waals surface area contributed by atoms with Gasteiger partial charge in [0, 0.05) is 7.05 Å². The minimum atomic E-state index is -0.514. The van der Waals surface area contributed by atoms with E-state index in [9.17, 15) is 0 Å². The first-order valence-electron chi connectivity index (χ1n) is 8.25. The predicted molar refractivity (Wildman–Crippen MR) is 89.9 cm³/mol. The van der Waals surface area contributed by atoms with Gasteiger partial charge in [-0.05, 0) is 12.3 Å². The van der Waals surface area contributed by atoms with Gasteiger partial charge < -0.3 is 4.57 Å². The molecule has 19 heavy (non-hydrogen) atoms. The van der Waals surface area contributed by atoms with Crippen molar-refractivity contribution in [2.45, 2.75) is 78.3 Å². The Bertz CT molecular complexity index is 356. The Morgan fingerprint density at radius 3 is 1.63 bits per heavy atom. The van der Waals surface area contributed by atoms with Gasteiger partial charge in [0.1, 0.15) is 0 Å². The topological polar surface area (TPSA) is 4.93 Å². The summed E-state index contributed by atoms with van der Waals surface area (Å²) in [6, 6.07) is 4.60. The molecule has 110 valence electrons. The minimum Gasteiger partial charge on any atom is -0.392 e. The third-order valence-corrected chi connectivity index (χ3v) is 6.25. The summed E-state index contributed by atoms with van der Waals surface area (Å²) in [5.41, 5.74) is 1.60. The first-order chi connectivity index (χ1) is 8.96. The van der Waals surface area contributed by atoms with Gasteiger partial charge in [-0.3, -0.25) is 0 Å². The fourth-order valence-corrected chi connectivity index (χ4v) is 4.72. The Hall–Kier alpha value is -0.655. The molecule has 1 heterocycles. The summed E-state index contributed by atoms with van der Waals surface area (Å²) in [4.78, 5) is 0. The van der Waals surface area contributed by atoms with E-state index in [2.05, 4.69) is 71.5 Å². The van der Waals surface area contributed by atoms with Crippen LogP contribution in [0.5, 0.6) is 0 Å². The Labute approximate surface area is 120 Å². The molecule has 0 N–H and O–H groups in total. The number of nitrogens with zero attached hydrogens (tertiary/aromatic N) is 1. The molecule has 0 aromatic carbocycles. The molecule has 1 rings (SSSR count). The highest BCUT2D eigenvalue weighted by Gasteiger charge is 2.40. The van der Waals surface area contributed by atoms with E-state index in [0.717, 1.165) is 17.5 Å². The maximum atomic E-state index is 2.48. The van der Waals surface area contributed by atoms with Crippen molar-refractivity contribution in [1.82, 2.24) is 4.57 Å². The summed E-state index contributed by atoms with van der Waals surface area (Å²) in [5.74, 6) is 2.33. The summed E-state index contributed by atoms with van der Waals surface area (Å²) in [7, 11) is 2.22. The van der Waals surface area contributed by atoms with Crippen molar-refractivity contribution in [2.24, 2.45) is 7.05 Å². The number of rotatable bonds is 7. The van der Waals surface area contributed by atoms with Gasteiger partial charge in [0.05, 0.1) is 6.15 Å². The van der Waals surface area contributed by atoms with Crippen LogP contribution in [0, 0.1) is 0 Å². The number of aromatic nitrogens is 1. The molecule has 0 fully saturated rings. The van der Waals surface area contributed by atoms with Crippen LogP contribution < -0.4 is 5.59 Å². The van der Waals surface area contributed by atoms with Crippen LogP contribution in [-0.4, -0.2) is 10.7 Å². The van der Waals surface area contributed by atoms with E-state index in [1.54, 1.807) is 5.59 Å². The van der Waals surface area contributed by atoms with Crippen molar-refractivity contribution >= 4 is 11.7 Å². The summed E-state index contributed by atoms with van der Waals surface area (Å²) in [6.45, 7) is 14.5. The zero-order chi connectivity index (χ0) is 14.6. The second-order valence-corrected chi connectivity index (χ2v) is 6.78. The molecule has 0 saturated heterocycles. The van der Waals surface area contributed by atoms with Crippen LogP contribution in [-0.2, 0) is 7.05 Å². The van der Waals surface area contributed by atoms with Crippen LogP contribution in [0.2, 0.25) is 17.5 Å². The van der Waals surface area contributed by atoms with Crippen LogP contribution >= 0.6 is 0 Å². The van der Waals surface area contributed by atoms with Crippen molar-refractivity contribution in [2.75, 3.05) is 0 Å². The summed E-state index contributed by atoms with van der Waals surface area (Å²) in [6.07, 6.45) is 5.54. The summed E-state index contributed by atoms with van der Waals surface area (Å²) in [5, 5.41) is 0. The highest BCUT2D eigenvalue weighted by molar-refractivity contribution is 6.94. The third-order valence-electron chi connectivity index (χ3n) is 6.25. The van der Waals surface area contributed by atoms with E-state index in [4.69, 9.17) is 0 Å². The molecule has 1 aromatic rings. The van der Waals surface area contributed by atoms with Gasteiger partial charge in [0.15, 0.2) is 0 Å². The van der Waals surface area contributed by atoms with Crippen LogP contribution in [0.25, 0.3) is 0 Å². The minimum absolute atomic E-state index is 0.514. The molecule has 1 nitrogen and oxygen atoms in total. The van der Waals surface area contributed by atoms with Crippen molar-refractivity contribution in [3.8, 4) is 0 Å². The number of hydrogen-bond acceptors (Lipinski definition) is 0. The molecular weight excluding hydrogens is 229 g/mol. The lowest BCUT2D eigenvalue weighted by Crippen LogP contribution is -2.59. The second-order valence-electron chi connectivity index (χ2n) is 6.78. The lowest BCUT2D eigenvalue weighted by atomic mass is 9.07. The zero-order valence-electron chi connectivity index (χ0n) is 14.1. The molecule has 3 atom stereocenters. The van der Waals surface area contributed by atoms with Gasteiger partial charge in [0.2, 0.25) is 0 Å². The first-order valence-corrected chi connectivity index (χ1v) is 8.25. The lowest BCUT2D eigenvalue weighted by Gasteiger charge is -2.55. The smallest absolute Gasteiger partial charge is 0.0548 e. The van der Waals surface area contributed by atoms with Gasteiger partial charge in [-0.1, -0.05) is 66.9 Å². The van der Waals surface area contributed by atoms with E-state index in [0.29, 0.717) is 0 Å². The van der Waals surface area contributed by atoms with Gasteiger partial charge in [-0.25, -0.2) is 0 Å². The molecule has 0 aliphatic carbocycles. The SMILES string of the molecule is CCC(C)[B-](c1cccn1C)(C(C)CC)C(C)CC. The predicted octanol–water partition coefficient (Wildman–Crippen LogP) is 5.08. The molecule has 0 saturated carbocycles. The Morgan fingerprint density at radius 1 is 0.947 bits per heavy atom. The molecule has 0 spiro atoms. The molecule has 3 unspecified atom stereocenters. The third kappa shape index (κ3) is 2.64. The van der Waals surface area contributed by atoms with E-state index < -0.39 is 6.15 Å². The van der Waals surface area contributed by atoms with E-state index >= 15 is 0 Å². The van der Waals surface area contributed by atoms with Crippen LogP contribution in [0.3, 0.4) is 0 Å². The van der Waals surface area contributed by atoms with Crippen molar-refractivity contribution in [1.29, 1.82) is 0 Å². The first kappa shape index (κ1) is 16.4. The van der Waals surface area contributed by atoms with Crippen LogP contribution in [0.4, 0.5) is 0 Å². The molecular formula is C17H33BN-. The molecule has 0 radical (unpaired) electrons. The molecule has 0 aliphatic rings. The van der Waals surface area contributed by atoms with E-state index in [1.165, 1.54) is 19.3 Å². The van der Waals surface area contributed by atoms with E-state index in [-0.39, 0.29) is 0 Å². The zero-order valence-corrected chi connectivity index (χ0v) is 14.1. The quantitative estimate of drug-likeness (QED) is 0.604. The van der Waals surface area contributed by atoms with Gasteiger partial charge in [-0.15, -0.1) is 5.59 Å². The number of hydrogen-bond donors (Lipinski definition) is 0. The van der Waals surface area contributed by atoms with Crippen molar-refractivity contribution < 1.29 is 0 Å². The number of aryl methyl sites for hydroxylation is 1. The molecule has 0 amide bonds. The van der Waals surface area contributed by atoms with Gasteiger partial charge >= 0.3 is 0 Å².